The van der Waals surface area contributed by atoms with Gasteiger partial charge >= 0.3 is 16.3 Å². The van der Waals surface area contributed by atoms with E-state index < -0.39 is 16.3 Å². The number of carbonyl (C=O) groups excluding carboxylic acids is 1. The van der Waals surface area contributed by atoms with Crippen LogP contribution in [0.1, 0.15) is 0 Å². The van der Waals surface area contributed by atoms with Crippen LogP contribution in [-0.2, 0) is 14.9 Å². The maximum atomic E-state index is 11.4. The largest absolute Gasteiger partial charge is 0.452 e. The molecule has 0 fully saturated rings. The van der Waals surface area contributed by atoms with Gasteiger partial charge in [0.25, 0.3) is 0 Å². The smallest absolute Gasteiger partial charge is 0.422 e. The van der Waals surface area contributed by atoms with Gasteiger partial charge in [-0.3, -0.25) is 0 Å². The van der Waals surface area contributed by atoms with Gasteiger partial charge in [0.05, 0.1) is 13.3 Å². The monoisotopic (exact) mass is 388 g/mol. The first-order valence-corrected chi connectivity index (χ1v) is 6.97. The zero-order valence-electron chi connectivity index (χ0n) is 8.27. The fourth-order valence-corrected chi connectivity index (χ4v) is 2.52. The molecule has 0 aromatic carbocycles. The molecule has 0 unspecified atom stereocenters. The number of carbonyl (C=O) groups is 1. The number of rotatable bonds is 3. The molecule has 0 aliphatic carbocycles. The number of hydrogen-bond acceptors (Lipinski definition) is 6. The third kappa shape index (κ3) is 4.44. The zero-order chi connectivity index (χ0) is 13.1. The summed E-state index contributed by atoms with van der Waals surface area (Å²) >= 11 is 6.07. The number of anilines is 1. The van der Waals surface area contributed by atoms with E-state index in [4.69, 9.17) is 0 Å². The molecule has 8 nitrogen and oxygen atoms in total. The first-order valence-electron chi connectivity index (χ1n) is 3.90. The number of halogens is 2. The molecule has 2 N–H and O–H groups in total. The van der Waals surface area contributed by atoms with Crippen molar-refractivity contribution in [2.75, 3.05) is 11.8 Å². The summed E-state index contributed by atoms with van der Waals surface area (Å²) in [7, 11) is -3.06. The van der Waals surface area contributed by atoms with Crippen molar-refractivity contribution < 1.29 is 17.9 Å². The molecule has 0 saturated heterocycles. The second kappa shape index (κ2) is 5.60. The SMILES string of the molecule is COC(=O)NS(=O)(=O)Nc1ncc(Br)nc1Br. The summed E-state index contributed by atoms with van der Waals surface area (Å²) in [5.74, 6) is -0.0652. The Morgan fingerprint density at radius 2 is 2.12 bits per heavy atom. The fourth-order valence-electron chi connectivity index (χ4n) is 0.719. The van der Waals surface area contributed by atoms with Gasteiger partial charge in [-0.05, 0) is 31.9 Å². The van der Waals surface area contributed by atoms with Gasteiger partial charge in [-0.2, -0.15) is 8.42 Å². The van der Waals surface area contributed by atoms with Crippen molar-refractivity contribution in [2.24, 2.45) is 0 Å². The second-order valence-corrected chi connectivity index (χ2v) is 5.51. The number of hydrogen-bond donors (Lipinski definition) is 2. The van der Waals surface area contributed by atoms with Crippen molar-refractivity contribution in [3.63, 3.8) is 0 Å². The van der Waals surface area contributed by atoms with Gasteiger partial charge in [-0.1, -0.05) is 0 Å². The van der Waals surface area contributed by atoms with E-state index in [-0.39, 0.29) is 10.4 Å². The van der Waals surface area contributed by atoms with E-state index in [1.807, 2.05) is 4.72 Å². The van der Waals surface area contributed by atoms with Gasteiger partial charge in [0.1, 0.15) is 4.60 Å². The Hall–Kier alpha value is -0.940. The van der Waals surface area contributed by atoms with Gasteiger partial charge in [0.15, 0.2) is 10.4 Å². The summed E-state index contributed by atoms with van der Waals surface area (Å²) in [6, 6.07) is 0. The van der Waals surface area contributed by atoms with Crippen LogP contribution in [0, 0.1) is 0 Å². The molecule has 0 spiro atoms. The van der Waals surface area contributed by atoms with E-state index in [9.17, 15) is 13.2 Å². The van der Waals surface area contributed by atoms with E-state index in [0.29, 0.717) is 4.60 Å². The van der Waals surface area contributed by atoms with Crippen molar-refractivity contribution in [1.82, 2.24) is 14.7 Å². The van der Waals surface area contributed by atoms with Crippen molar-refractivity contribution >= 4 is 54.0 Å². The van der Waals surface area contributed by atoms with Crippen LogP contribution in [0.25, 0.3) is 0 Å². The lowest BCUT2D eigenvalue weighted by Crippen LogP contribution is -2.35. The Bertz CT molecular complexity index is 535. The lowest BCUT2D eigenvalue weighted by Gasteiger charge is -2.08. The molecule has 0 aliphatic heterocycles. The Morgan fingerprint density at radius 1 is 1.47 bits per heavy atom. The van der Waals surface area contributed by atoms with E-state index in [1.54, 1.807) is 4.72 Å². The minimum absolute atomic E-state index is 0.0652. The van der Waals surface area contributed by atoms with Crippen LogP contribution in [0.4, 0.5) is 10.6 Å². The molecule has 0 atom stereocenters. The Balaban J connectivity index is 2.87. The van der Waals surface area contributed by atoms with Crippen LogP contribution in [0.15, 0.2) is 15.4 Å². The number of nitrogens with zero attached hydrogens (tertiary/aromatic N) is 2. The van der Waals surface area contributed by atoms with Gasteiger partial charge in [-0.25, -0.2) is 24.2 Å². The van der Waals surface area contributed by atoms with E-state index in [0.717, 1.165) is 7.11 Å². The van der Waals surface area contributed by atoms with E-state index >= 15 is 0 Å². The third-order valence-electron chi connectivity index (χ3n) is 1.33. The van der Waals surface area contributed by atoms with E-state index in [1.165, 1.54) is 6.20 Å². The van der Waals surface area contributed by atoms with Crippen LogP contribution >= 0.6 is 31.9 Å². The van der Waals surface area contributed by atoms with Crippen LogP contribution < -0.4 is 9.44 Å². The number of aromatic nitrogens is 2. The number of ether oxygens (including phenoxy) is 1. The molecule has 0 radical (unpaired) electrons. The molecule has 1 heterocycles. The van der Waals surface area contributed by atoms with Crippen LogP contribution in [0.2, 0.25) is 0 Å². The predicted octanol–water partition coefficient (Wildman–Crippen LogP) is 1.01. The van der Waals surface area contributed by atoms with Gasteiger partial charge < -0.3 is 4.74 Å². The average molecular weight is 390 g/mol. The van der Waals surface area contributed by atoms with Gasteiger partial charge in [-0.15, -0.1) is 0 Å². The van der Waals surface area contributed by atoms with Crippen LogP contribution in [0.5, 0.6) is 0 Å². The molecule has 11 heteroatoms. The normalized spacial score (nSPS) is 10.8. The molecule has 94 valence electrons. The highest BCUT2D eigenvalue weighted by molar-refractivity contribution is 9.11. The number of methoxy groups -OCH3 is 1. The molecule has 1 aromatic heterocycles. The predicted molar refractivity (Wildman–Crippen MR) is 65.5 cm³/mol. The second-order valence-electron chi connectivity index (χ2n) is 2.53. The lowest BCUT2D eigenvalue weighted by atomic mass is 10.7. The van der Waals surface area contributed by atoms with Crippen molar-refractivity contribution in [1.29, 1.82) is 0 Å². The summed E-state index contributed by atoms with van der Waals surface area (Å²) in [5.41, 5.74) is 0. The van der Waals surface area contributed by atoms with Crippen molar-refractivity contribution in [3.8, 4) is 0 Å². The summed E-state index contributed by atoms with van der Waals surface area (Å²) < 4.78 is 31.1. The van der Waals surface area contributed by atoms with E-state index in [2.05, 4.69) is 46.6 Å². The van der Waals surface area contributed by atoms with Crippen molar-refractivity contribution in [3.05, 3.63) is 15.4 Å². The summed E-state index contributed by atoms with van der Waals surface area (Å²) in [4.78, 5) is 18.4. The quantitative estimate of drug-likeness (QED) is 0.798. The van der Waals surface area contributed by atoms with Crippen LogP contribution in [0.3, 0.4) is 0 Å². The lowest BCUT2D eigenvalue weighted by molar-refractivity contribution is 0.177. The van der Waals surface area contributed by atoms with Crippen LogP contribution in [-0.4, -0.2) is 31.6 Å². The number of nitrogens with one attached hydrogen (secondary N) is 2. The molecular weight excluding hydrogens is 384 g/mol. The first-order chi connectivity index (χ1) is 7.84. The Labute approximate surface area is 114 Å². The third-order valence-corrected chi connectivity index (χ3v) is 3.17. The summed E-state index contributed by atoms with van der Waals surface area (Å²) in [6.45, 7) is 0. The summed E-state index contributed by atoms with van der Waals surface area (Å²) in [5, 5.41) is 0. The molecule has 1 amide bonds. The minimum atomic E-state index is -4.10. The average Bonchev–Trinajstić information content (AvgIpc) is 2.21. The standard InChI is InChI=1S/C6H6Br2N4O4S/c1-16-6(13)12-17(14,15)11-5-4(8)10-3(7)2-9-5/h2H,1H3,(H,9,11)(H,12,13). The maximum Gasteiger partial charge on any atom is 0.422 e. The highest BCUT2D eigenvalue weighted by atomic mass is 79.9. The van der Waals surface area contributed by atoms with Gasteiger partial charge in [0, 0.05) is 0 Å². The molecule has 1 rings (SSSR count). The number of amides is 1. The summed E-state index contributed by atoms with van der Waals surface area (Å²) in [6.07, 6.45) is 0.180. The molecule has 17 heavy (non-hydrogen) atoms. The topological polar surface area (TPSA) is 110 Å². The maximum absolute atomic E-state index is 11.4. The van der Waals surface area contributed by atoms with Gasteiger partial charge in [0.2, 0.25) is 0 Å². The molecule has 0 bridgehead atoms. The molecule has 0 aliphatic rings. The minimum Gasteiger partial charge on any atom is -0.452 e. The van der Waals surface area contributed by atoms with Crippen molar-refractivity contribution in [2.45, 2.75) is 0 Å². The highest BCUT2D eigenvalue weighted by Gasteiger charge is 2.17. The Morgan fingerprint density at radius 3 is 2.65 bits per heavy atom. The molecule has 1 aromatic rings. The zero-order valence-corrected chi connectivity index (χ0v) is 12.3. The first kappa shape index (κ1) is 14.1. The molecular formula is C6H6Br2N4O4S. The Kier molecular flexibility index (Phi) is 4.65. The fraction of sp³-hybridized carbons (Fsp3) is 0.167. The highest BCUT2D eigenvalue weighted by Crippen LogP contribution is 2.19. The molecule has 0 saturated carbocycles.